The number of benzene rings is 3. The van der Waals surface area contributed by atoms with Crippen LogP contribution in [0.15, 0.2) is 66.7 Å². The highest BCUT2D eigenvalue weighted by atomic mass is 16.5. The molecule has 0 heterocycles. The molecule has 3 aromatic rings. The summed E-state index contributed by atoms with van der Waals surface area (Å²) in [6.45, 7) is 5.25. The Labute approximate surface area is 117 Å². The van der Waals surface area contributed by atoms with Crippen molar-refractivity contribution in [2.24, 2.45) is 0 Å². The van der Waals surface area contributed by atoms with Crippen LogP contribution in [0.4, 0.5) is 0 Å². The minimum Gasteiger partial charge on any atom is -0.423 e. The van der Waals surface area contributed by atoms with Crippen molar-refractivity contribution in [3.05, 3.63) is 66.7 Å². The van der Waals surface area contributed by atoms with Gasteiger partial charge in [-0.05, 0) is 41.3 Å². The topological polar surface area (TPSA) is 26.3 Å². The van der Waals surface area contributed by atoms with Crippen molar-refractivity contribution in [3.8, 4) is 5.75 Å². The first-order chi connectivity index (χ1) is 9.65. The molecule has 0 saturated heterocycles. The predicted molar refractivity (Wildman–Crippen MR) is 81.9 cm³/mol. The largest absolute Gasteiger partial charge is 0.423 e. The van der Waals surface area contributed by atoms with Gasteiger partial charge in [-0.2, -0.15) is 0 Å². The lowest BCUT2D eigenvalue weighted by molar-refractivity contribution is -0.129. The average Bonchev–Trinajstić information content (AvgIpc) is 2.45. The smallest absolute Gasteiger partial charge is 0.338 e. The van der Waals surface area contributed by atoms with Gasteiger partial charge in [0.05, 0.1) is 0 Å². The van der Waals surface area contributed by atoms with Crippen molar-refractivity contribution in [2.75, 3.05) is 0 Å². The Balaban J connectivity index is 2.20. The number of rotatable bonds is 2. The summed E-state index contributed by atoms with van der Waals surface area (Å²) in [7, 11) is 0. The summed E-state index contributed by atoms with van der Waals surface area (Å²) in [5.74, 6) is 0.173. The van der Waals surface area contributed by atoms with E-state index in [0.29, 0.717) is 11.3 Å². The lowest BCUT2D eigenvalue weighted by Gasteiger charge is -2.09. The average molecular weight is 262 g/mol. The Morgan fingerprint density at radius 1 is 0.950 bits per heavy atom. The molecule has 2 heteroatoms. The van der Waals surface area contributed by atoms with Gasteiger partial charge < -0.3 is 4.74 Å². The van der Waals surface area contributed by atoms with Crippen LogP contribution in [0.25, 0.3) is 21.5 Å². The Bertz CT molecular complexity index is 831. The number of ether oxygens (including phenoxy) is 1. The highest BCUT2D eigenvalue weighted by Crippen LogP contribution is 2.30. The van der Waals surface area contributed by atoms with Crippen LogP contribution >= 0.6 is 0 Å². The van der Waals surface area contributed by atoms with Gasteiger partial charge in [0.15, 0.2) is 0 Å². The van der Waals surface area contributed by atoms with E-state index in [9.17, 15) is 4.79 Å². The van der Waals surface area contributed by atoms with Crippen LogP contribution in [-0.4, -0.2) is 5.97 Å². The molecule has 0 aliphatic heterocycles. The standard InChI is InChI=1S/C18H14O2/c1-12(2)18(19)20-17-9-5-8-15-10-13-6-3-4-7-14(13)11-16(15)17/h3-11H,1H2,2H3. The molecule has 3 rings (SSSR count). The maximum Gasteiger partial charge on any atom is 0.338 e. The lowest BCUT2D eigenvalue weighted by Crippen LogP contribution is -2.08. The molecule has 3 aromatic carbocycles. The van der Waals surface area contributed by atoms with Crippen molar-refractivity contribution in [3.63, 3.8) is 0 Å². The summed E-state index contributed by atoms with van der Waals surface area (Å²) >= 11 is 0. The normalized spacial score (nSPS) is 10.7. The van der Waals surface area contributed by atoms with Crippen molar-refractivity contribution in [1.29, 1.82) is 0 Å². The third-order valence-electron chi connectivity index (χ3n) is 3.26. The third kappa shape index (κ3) is 2.16. The van der Waals surface area contributed by atoms with Crippen LogP contribution in [0, 0.1) is 0 Å². The van der Waals surface area contributed by atoms with Gasteiger partial charge >= 0.3 is 5.97 Å². The fourth-order valence-electron chi connectivity index (χ4n) is 2.21. The maximum atomic E-state index is 11.7. The molecule has 0 radical (unpaired) electrons. The van der Waals surface area contributed by atoms with Crippen LogP contribution in [0.2, 0.25) is 0 Å². The first-order valence-electron chi connectivity index (χ1n) is 6.44. The fourth-order valence-corrected chi connectivity index (χ4v) is 2.21. The zero-order chi connectivity index (χ0) is 14.1. The molecule has 0 aliphatic carbocycles. The quantitative estimate of drug-likeness (QED) is 0.295. The zero-order valence-corrected chi connectivity index (χ0v) is 11.2. The molecule has 0 bridgehead atoms. The van der Waals surface area contributed by atoms with E-state index in [2.05, 4.69) is 18.7 Å². The second-order valence-electron chi connectivity index (χ2n) is 4.85. The summed E-state index contributed by atoms with van der Waals surface area (Å²) in [5, 5.41) is 4.28. The zero-order valence-electron chi connectivity index (χ0n) is 11.2. The Morgan fingerprint density at radius 2 is 1.60 bits per heavy atom. The van der Waals surface area contributed by atoms with Crippen LogP contribution in [0.3, 0.4) is 0 Å². The molecule has 2 nitrogen and oxygen atoms in total. The Hall–Kier alpha value is -2.61. The van der Waals surface area contributed by atoms with E-state index in [0.717, 1.165) is 16.2 Å². The molecule has 0 spiro atoms. The molecule has 0 amide bonds. The number of carbonyl (C=O) groups excluding carboxylic acids is 1. The van der Waals surface area contributed by atoms with E-state index in [-0.39, 0.29) is 0 Å². The van der Waals surface area contributed by atoms with Crippen LogP contribution in [0.5, 0.6) is 5.75 Å². The lowest BCUT2D eigenvalue weighted by atomic mass is 10.0. The van der Waals surface area contributed by atoms with Gasteiger partial charge in [0, 0.05) is 11.0 Å². The first kappa shape index (κ1) is 12.4. The molecular weight excluding hydrogens is 248 g/mol. The van der Waals surface area contributed by atoms with Crippen molar-refractivity contribution in [2.45, 2.75) is 6.92 Å². The summed E-state index contributed by atoms with van der Waals surface area (Å²) in [6.07, 6.45) is 0. The highest BCUT2D eigenvalue weighted by Gasteiger charge is 2.09. The maximum absolute atomic E-state index is 11.7. The van der Waals surface area contributed by atoms with Gasteiger partial charge in [-0.15, -0.1) is 0 Å². The minimum atomic E-state index is -0.398. The number of carbonyl (C=O) groups is 1. The highest BCUT2D eigenvalue weighted by molar-refractivity contribution is 6.02. The van der Waals surface area contributed by atoms with E-state index >= 15 is 0 Å². The summed E-state index contributed by atoms with van der Waals surface area (Å²) in [5.41, 5.74) is 0.391. The summed E-state index contributed by atoms with van der Waals surface area (Å²) < 4.78 is 5.40. The Kier molecular flexibility index (Phi) is 2.99. The van der Waals surface area contributed by atoms with Crippen molar-refractivity contribution < 1.29 is 9.53 Å². The molecule has 0 N–H and O–H groups in total. The van der Waals surface area contributed by atoms with Crippen molar-refractivity contribution in [1.82, 2.24) is 0 Å². The molecule has 98 valence electrons. The molecule has 0 saturated carbocycles. The number of hydrogen-bond acceptors (Lipinski definition) is 2. The number of esters is 1. The molecular formula is C18H14O2. The molecule has 0 atom stereocenters. The van der Waals surface area contributed by atoms with E-state index in [1.807, 2.05) is 36.4 Å². The molecule has 0 aliphatic rings. The van der Waals surface area contributed by atoms with Crippen LogP contribution in [0.1, 0.15) is 6.92 Å². The predicted octanol–water partition coefficient (Wildman–Crippen LogP) is 4.47. The van der Waals surface area contributed by atoms with Gasteiger partial charge in [-0.3, -0.25) is 0 Å². The second-order valence-corrected chi connectivity index (χ2v) is 4.85. The number of fused-ring (bicyclic) bond motifs is 2. The molecule has 0 aromatic heterocycles. The van der Waals surface area contributed by atoms with Gasteiger partial charge in [-0.1, -0.05) is 43.0 Å². The monoisotopic (exact) mass is 262 g/mol. The summed E-state index contributed by atoms with van der Waals surface area (Å²) in [4.78, 5) is 11.7. The minimum absolute atomic E-state index is 0.391. The van der Waals surface area contributed by atoms with Gasteiger partial charge in [-0.25, -0.2) is 4.79 Å². The van der Waals surface area contributed by atoms with Gasteiger partial charge in [0.2, 0.25) is 0 Å². The van der Waals surface area contributed by atoms with E-state index in [4.69, 9.17) is 4.74 Å². The van der Waals surface area contributed by atoms with Crippen LogP contribution in [-0.2, 0) is 4.79 Å². The first-order valence-corrected chi connectivity index (χ1v) is 6.44. The van der Waals surface area contributed by atoms with E-state index in [1.165, 1.54) is 5.39 Å². The van der Waals surface area contributed by atoms with E-state index < -0.39 is 5.97 Å². The van der Waals surface area contributed by atoms with E-state index in [1.54, 1.807) is 13.0 Å². The fraction of sp³-hybridized carbons (Fsp3) is 0.0556. The van der Waals surface area contributed by atoms with Gasteiger partial charge in [0.25, 0.3) is 0 Å². The summed E-state index contributed by atoms with van der Waals surface area (Å²) in [6, 6.07) is 18.0. The molecule has 0 unspecified atom stereocenters. The van der Waals surface area contributed by atoms with Gasteiger partial charge in [0.1, 0.15) is 5.75 Å². The van der Waals surface area contributed by atoms with Crippen molar-refractivity contribution >= 4 is 27.5 Å². The SMILES string of the molecule is C=C(C)C(=O)Oc1cccc2cc3ccccc3cc12. The number of hydrogen-bond donors (Lipinski definition) is 0. The molecule has 0 fully saturated rings. The van der Waals surface area contributed by atoms with Crippen LogP contribution < -0.4 is 4.74 Å². The second kappa shape index (κ2) is 4.82. The third-order valence-corrected chi connectivity index (χ3v) is 3.26. The molecule has 20 heavy (non-hydrogen) atoms. The Morgan fingerprint density at radius 3 is 2.30 bits per heavy atom.